The van der Waals surface area contributed by atoms with Crippen molar-refractivity contribution in [3.8, 4) is 0 Å². The molecule has 0 saturated heterocycles. The Morgan fingerprint density at radius 3 is 2.07 bits per heavy atom. The second-order valence-electron chi connectivity index (χ2n) is 7.66. The summed E-state index contributed by atoms with van der Waals surface area (Å²) in [5.41, 5.74) is 5.49. The molecule has 0 unspecified atom stereocenters. The summed E-state index contributed by atoms with van der Waals surface area (Å²) in [5.74, 6) is 0. The zero-order valence-electron chi connectivity index (χ0n) is 17.2. The van der Waals surface area contributed by atoms with Gasteiger partial charge in [0.15, 0.2) is 0 Å². The molecule has 0 N–H and O–H groups in total. The van der Waals surface area contributed by atoms with E-state index in [1.165, 1.54) is 5.56 Å². The summed E-state index contributed by atoms with van der Waals surface area (Å²) in [4.78, 5) is 4.84. The molecule has 5 heteroatoms. The van der Waals surface area contributed by atoms with Crippen molar-refractivity contribution in [2.45, 2.75) is 6.42 Å². The number of pyridine rings is 1. The molecule has 29 heavy (non-hydrogen) atoms. The second kappa shape index (κ2) is 8.37. The minimum atomic E-state index is 0. The molecule has 0 atom stereocenters. The monoisotopic (exact) mass is 453 g/mol. The maximum atomic E-state index is 15.6. The number of nitrogens with zero attached hydrogens (tertiary/aromatic N) is 3. The van der Waals surface area contributed by atoms with Crippen molar-refractivity contribution in [1.29, 1.82) is 0 Å². The van der Waals surface area contributed by atoms with E-state index >= 15 is 4.48 Å². The molecule has 0 amide bonds. The average molecular weight is 454 g/mol. The van der Waals surface area contributed by atoms with Gasteiger partial charge in [-0.05, 0) is 41.8 Å². The first kappa shape index (κ1) is 21.1. The number of aromatic nitrogens is 1. The SMILES string of the molecule is CN(C)c1ccc2cc3c(Cc4ccccc4)cc(N(C)C)cc3[n+](F)c2c1.[Br-]. The predicted octanol–water partition coefficient (Wildman–Crippen LogP) is 1.74. The minimum absolute atomic E-state index is 0. The Morgan fingerprint density at radius 2 is 1.41 bits per heavy atom. The minimum Gasteiger partial charge on any atom is -1.00 e. The van der Waals surface area contributed by atoms with Gasteiger partial charge in [0.1, 0.15) is 0 Å². The largest absolute Gasteiger partial charge is 1.00 e. The molecule has 1 aromatic heterocycles. The Labute approximate surface area is 181 Å². The Kier molecular flexibility index (Phi) is 6.08. The number of halogens is 2. The first-order valence-corrected chi connectivity index (χ1v) is 9.44. The number of fused-ring (bicyclic) bond motifs is 2. The molecule has 4 rings (SSSR count). The predicted molar refractivity (Wildman–Crippen MR) is 116 cm³/mol. The van der Waals surface area contributed by atoms with Crippen LogP contribution in [0, 0.1) is 0 Å². The molecule has 0 aliphatic heterocycles. The summed E-state index contributed by atoms with van der Waals surface area (Å²) in [5, 5.41) is 1.84. The molecular formula is C24H25BrFN3. The number of rotatable bonds is 4. The van der Waals surface area contributed by atoms with E-state index in [9.17, 15) is 0 Å². The van der Waals surface area contributed by atoms with Crippen molar-refractivity contribution in [3.05, 3.63) is 77.9 Å². The third-order valence-corrected chi connectivity index (χ3v) is 5.24. The summed E-state index contributed by atoms with van der Waals surface area (Å²) in [7, 11) is 7.91. The van der Waals surface area contributed by atoms with Gasteiger partial charge >= 0.3 is 0 Å². The van der Waals surface area contributed by atoms with Gasteiger partial charge in [-0.1, -0.05) is 30.3 Å². The van der Waals surface area contributed by atoms with E-state index in [0.717, 1.165) is 38.9 Å². The number of anilines is 2. The van der Waals surface area contributed by atoms with Crippen molar-refractivity contribution < 1.29 is 26.3 Å². The van der Waals surface area contributed by atoms with Crippen molar-refractivity contribution in [2.75, 3.05) is 38.0 Å². The third kappa shape index (κ3) is 4.06. The van der Waals surface area contributed by atoms with Crippen LogP contribution in [0.1, 0.15) is 11.1 Å². The van der Waals surface area contributed by atoms with Crippen LogP contribution in [0.2, 0.25) is 0 Å². The van der Waals surface area contributed by atoms with E-state index < -0.39 is 0 Å². The fraction of sp³-hybridized carbons (Fsp3) is 0.208. The highest BCUT2D eigenvalue weighted by Gasteiger charge is 2.21. The van der Waals surface area contributed by atoms with E-state index in [1.54, 1.807) is 0 Å². The number of hydrogen-bond donors (Lipinski definition) is 0. The van der Waals surface area contributed by atoms with Crippen LogP contribution in [-0.2, 0) is 6.42 Å². The lowest BCUT2D eigenvalue weighted by Crippen LogP contribution is -3.00. The van der Waals surface area contributed by atoms with E-state index in [1.807, 2.05) is 80.5 Å². The molecule has 3 aromatic carbocycles. The van der Waals surface area contributed by atoms with Gasteiger partial charge in [-0.3, -0.25) is 0 Å². The summed E-state index contributed by atoms with van der Waals surface area (Å²) >= 11 is 0. The Morgan fingerprint density at radius 1 is 0.759 bits per heavy atom. The lowest BCUT2D eigenvalue weighted by atomic mass is 9.98. The van der Waals surface area contributed by atoms with Crippen molar-refractivity contribution in [3.63, 3.8) is 0 Å². The van der Waals surface area contributed by atoms with Gasteiger partial charge in [-0.25, -0.2) is 0 Å². The number of hydrogen-bond acceptors (Lipinski definition) is 2. The average Bonchev–Trinajstić information content (AvgIpc) is 2.69. The van der Waals surface area contributed by atoms with Crippen LogP contribution < -0.4 is 31.6 Å². The quantitative estimate of drug-likeness (QED) is 0.435. The molecule has 150 valence electrons. The fourth-order valence-corrected chi connectivity index (χ4v) is 3.62. The van der Waals surface area contributed by atoms with Crippen LogP contribution >= 0.6 is 0 Å². The first-order chi connectivity index (χ1) is 13.4. The molecule has 0 saturated carbocycles. The highest BCUT2D eigenvalue weighted by molar-refractivity contribution is 5.93. The normalized spacial score (nSPS) is 10.8. The molecule has 1 heterocycles. The van der Waals surface area contributed by atoms with Crippen molar-refractivity contribution in [1.82, 2.24) is 0 Å². The van der Waals surface area contributed by atoms with Gasteiger partial charge in [0.25, 0.3) is 11.0 Å². The van der Waals surface area contributed by atoms with Crippen LogP contribution in [0.3, 0.4) is 0 Å². The van der Waals surface area contributed by atoms with Crippen LogP contribution in [0.4, 0.5) is 15.9 Å². The third-order valence-electron chi connectivity index (χ3n) is 5.24. The molecule has 0 aliphatic rings. The van der Waals surface area contributed by atoms with Crippen LogP contribution in [0.5, 0.6) is 0 Å². The second-order valence-corrected chi connectivity index (χ2v) is 7.66. The van der Waals surface area contributed by atoms with E-state index in [0.29, 0.717) is 11.0 Å². The summed E-state index contributed by atoms with van der Waals surface area (Å²) in [6.45, 7) is 0. The summed E-state index contributed by atoms with van der Waals surface area (Å²) in [6.07, 6.45) is 0.764. The van der Waals surface area contributed by atoms with Gasteiger partial charge in [0, 0.05) is 56.5 Å². The van der Waals surface area contributed by atoms with E-state index in [4.69, 9.17) is 0 Å². The molecule has 0 fully saturated rings. The van der Waals surface area contributed by atoms with Crippen LogP contribution in [0.15, 0.2) is 66.7 Å². The molecule has 4 aromatic rings. The smallest absolute Gasteiger partial charge is 0.263 e. The summed E-state index contributed by atoms with van der Waals surface area (Å²) in [6, 6.07) is 22.4. The van der Waals surface area contributed by atoms with Gasteiger partial charge < -0.3 is 26.8 Å². The Hall–Kier alpha value is -2.66. The van der Waals surface area contributed by atoms with Gasteiger partial charge in [-0.2, -0.15) is 0 Å². The molecule has 3 nitrogen and oxygen atoms in total. The molecule has 0 radical (unpaired) electrons. The van der Waals surface area contributed by atoms with Gasteiger partial charge in [0.05, 0.1) is 15.3 Å². The zero-order chi connectivity index (χ0) is 19.8. The lowest BCUT2D eigenvalue weighted by Gasteiger charge is -2.15. The van der Waals surface area contributed by atoms with Crippen molar-refractivity contribution in [2.24, 2.45) is 0 Å². The molecule has 0 bridgehead atoms. The van der Waals surface area contributed by atoms with Crippen LogP contribution in [0.25, 0.3) is 21.8 Å². The summed E-state index contributed by atoms with van der Waals surface area (Å²) < 4.78 is 15.6. The zero-order valence-corrected chi connectivity index (χ0v) is 18.7. The standard InChI is InChI=1S/C24H25FN3.BrH/c1-26(2)20-11-10-18-14-22-19(12-17-8-6-5-7-9-17)13-21(27(3)4)16-24(22)28(25)23(18)15-20;/h5-11,13-16H,12H2,1-4H3;1H/q+1;/p-1. The van der Waals surface area contributed by atoms with Gasteiger partial charge in [0.2, 0.25) is 0 Å². The highest BCUT2D eigenvalue weighted by atomic mass is 79.9. The lowest BCUT2D eigenvalue weighted by molar-refractivity contribution is -0.800. The fourth-order valence-electron chi connectivity index (χ4n) is 3.62. The Bertz CT molecular complexity index is 1160. The van der Waals surface area contributed by atoms with E-state index in [-0.39, 0.29) is 17.0 Å². The molecule has 0 spiro atoms. The maximum Gasteiger partial charge on any atom is 0.263 e. The van der Waals surface area contributed by atoms with Gasteiger partial charge in [-0.15, -0.1) is 0 Å². The topological polar surface area (TPSA) is 10.4 Å². The first-order valence-electron chi connectivity index (χ1n) is 9.44. The van der Waals surface area contributed by atoms with E-state index in [2.05, 4.69) is 24.3 Å². The van der Waals surface area contributed by atoms with Crippen LogP contribution in [-0.4, -0.2) is 28.2 Å². The molecular weight excluding hydrogens is 429 g/mol. The van der Waals surface area contributed by atoms with Crippen molar-refractivity contribution >= 4 is 33.2 Å². The number of benzene rings is 3. The molecule has 0 aliphatic carbocycles. The highest BCUT2D eigenvalue weighted by Crippen LogP contribution is 2.29. The Balaban J connectivity index is 0.00000240. The maximum absolute atomic E-state index is 15.6.